The minimum Gasteiger partial charge on any atom is -0.342 e. The van der Waals surface area contributed by atoms with Crippen molar-refractivity contribution in [3.05, 3.63) is 0 Å². The summed E-state index contributed by atoms with van der Waals surface area (Å²) in [5, 5.41) is 2.95. The van der Waals surface area contributed by atoms with Gasteiger partial charge in [-0.15, -0.1) is 6.42 Å². The Morgan fingerprint density at radius 3 is 2.72 bits per heavy atom. The van der Waals surface area contributed by atoms with Crippen LogP contribution >= 0.6 is 0 Å². The fraction of sp³-hybridized carbons (Fsp3) is 0.786. The van der Waals surface area contributed by atoms with Crippen LogP contribution in [0.15, 0.2) is 0 Å². The van der Waals surface area contributed by atoms with E-state index in [1.807, 2.05) is 11.9 Å². The Balaban J connectivity index is 2.28. The number of nitrogens with zero attached hydrogens (tertiary/aromatic N) is 2. The van der Waals surface area contributed by atoms with Crippen LogP contribution in [0.3, 0.4) is 0 Å². The molecule has 0 saturated carbocycles. The fourth-order valence-corrected chi connectivity index (χ4v) is 2.42. The molecule has 0 spiro atoms. The molecule has 0 unspecified atom stereocenters. The second-order valence-electron chi connectivity index (χ2n) is 4.89. The van der Waals surface area contributed by atoms with Crippen molar-refractivity contribution < 1.29 is 4.79 Å². The highest BCUT2D eigenvalue weighted by Crippen LogP contribution is 2.15. The number of carbonyl (C=O) groups is 1. The normalized spacial score (nSPS) is 17.4. The zero-order chi connectivity index (χ0) is 13.4. The van der Waals surface area contributed by atoms with Gasteiger partial charge in [0.25, 0.3) is 0 Å². The Morgan fingerprint density at radius 2 is 2.17 bits per heavy atom. The van der Waals surface area contributed by atoms with Crippen molar-refractivity contribution in [2.24, 2.45) is 0 Å². The maximum absolute atomic E-state index is 11.9. The monoisotopic (exact) mass is 251 g/mol. The number of hydrogen-bond acceptors (Lipinski definition) is 3. The van der Waals surface area contributed by atoms with Gasteiger partial charge in [-0.1, -0.05) is 12.8 Å². The van der Waals surface area contributed by atoms with Crippen LogP contribution in [-0.4, -0.2) is 61.5 Å². The summed E-state index contributed by atoms with van der Waals surface area (Å²) in [5.74, 6) is 2.61. The third kappa shape index (κ3) is 4.67. The Labute approximate surface area is 111 Å². The number of rotatable bonds is 6. The van der Waals surface area contributed by atoms with E-state index in [9.17, 15) is 4.79 Å². The van der Waals surface area contributed by atoms with E-state index in [-0.39, 0.29) is 5.91 Å². The highest BCUT2D eigenvalue weighted by Gasteiger charge is 2.24. The van der Waals surface area contributed by atoms with Crippen LogP contribution in [0.5, 0.6) is 0 Å². The molecule has 1 aliphatic rings. The summed E-state index contributed by atoms with van der Waals surface area (Å²) in [7, 11) is 1.90. The molecule has 0 aromatic rings. The molecule has 1 fully saturated rings. The first-order valence-corrected chi connectivity index (χ1v) is 6.81. The van der Waals surface area contributed by atoms with E-state index in [1.165, 1.54) is 13.0 Å². The van der Waals surface area contributed by atoms with Crippen molar-refractivity contribution in [2.75, 3.05) is 39.8 Å². The van der Waals surface area contributed by atoms with Crippen LogP contribution in [0.2, 0.25) is 0 Å². The molecule has 1 rings (SSSR count). The quantitative estimate of drug-likeness (QED) is 0.553. The summed E-state index contributed by atoms with van der Waals surface area (Å²) in [6, 6.07) is 0.387. The van der Waals surface area contributed by atoms with Gasteiger partial charge in [-0.05, 0) is 25.8 Å². The molecule has 18 heavy (non-hydrogen) atoms. The second kappa shape index (κ2) is 8.12. The van der Waals surface area contributed by atoms with Crippen molar-refractivity contribution in [1.82, 2.24) is 15.1 Å². The number of nitrogens with one attached hydrogen (secondary N) is 1. The molecule has 0 aromatic heterocycles. The Hall–Kier alpha value is -1.05. The first kappa shape index (κ1) is 15.0. The largest absolute Gasteiger partial charge is 0.342 e. The number of amides is 1. The molecule has 0 radical (unpaired) electrons. The third-order valence-corrected chi connectivity index (χ3v) is 3.54. The second-order valence-corrected chi connectivity index (χ2v) is 4.89. The average Bonchev–Trinajstić information content (AvgIpc) is 2.39. The molecule has 1 saturated heterocycles. The zero-order valence-electron chi connectivity index (χ0n) is 11.6. The van der Waals surface area contributed by atoms with Crippen molar-refractivity contribution >= 4 is 5.91 Å². The summed E-state index contributed by atoms with van der Waals surface area (Å²) in [4.78, 5) is 16.3. The lowest BCUT2D eigenvalue weighted by molar-refractivity contribution is -0.131. The number of piperidine rings is 1. The predicted octanol–water partition coefficient (Wildman–Crippen LogP) is 0.542. The summed E-state index contributed by atoms with van der Waals surface area (Å²) >= 11 is 0. The van der Waals surface area contributed by atoms with E-state index in [0.29, 0.717) is 19.1 Å². The van der Waals surface area contributed by atoms with Gasteiger partial charge in [0.1, 0.15) is 0 Å². The van der Waals surface area contributed by atoms with Gasteiger partial charge in [0.05, 0.1) is 13.1 Å². The standard InChI is InChI=1S/C14H25N3O/c1-4-8-15-12-14(18)16(3)13-6-10-17(9-5-2)11-7-13/h1,13,15H,5-12H2,2-3H3. The van der Waals surface area contributed by atoms with Gasteiger partial charge < -0.3 is 9.80 Å². The summed E-state index contributed by atoms with van der Waals surface area (Å²) in [5.41, 5.74) is 0. The molecular weight excluding hydrogens is 226 g/mol. The van der Waals surface area contributed by atoms with E-state index in [1.54, 1.807) is 0 Å². The molecule has 4 heteroatoms. The number of likely N-dealkylation sites (tertiary alicyclic amines) is 1. The highest BCUT2D eigenvalue weighted by atomic mass is 16.2. The van der Waals surface area contributed by atoms with E-state index in [2.05, 4.69) is 23.1 Å². The lowest BCUT2D eigenvalue weighted by Gasteiger charge is -2.36. The van der Waals surface area contributed by atoms with Crippen molar-refractivity contribution in [1.29, 1.82) is 0 Å². The summed E-state index contributed by atoms with van der Waals surface area (Å²) < 4.78 is 0. The molecule has 102 valence electrons. The van der Waals surface area contributed by atoms with Crippen LogP contribution in [0.25, 0.3) is 0 Å². The van der Waals surface area contributed by atoms with Crippen LogP contribution in [0, 0.1) is 12.3 Å². The Bertz CT molecular complexity index is 290. The maximum atomic E-state index is 11.9. The van der Waals surface area contributed by atoms with Crippen LogP contribution in [-0.2, 0) is 4.79 Å². The predicted molar refractivity (Wildman–Crippen MR) is 74.2 cm³/mol. The first-order valence-electron chi connectivity index (χ1n) is 6.81. The van der Waals surface area contributed by atoms with E-state index >= 15 is 0 Å². The topological polar surface area (TPSA) is 35.6 Å². The van der Waals surface area contributed by atoms with Gasteiger partial charge in [-0.25, -0.2) is 0 Å². The summed E-state index contributed by atoms with van der Waals surface area (Å²) in [6.45, 7) is 6.39. The third-order valence-electron chi connectivity index (χ3n) is 3.54. The molecule has 0 atom stereocenters. The molecule has 1 aliphatic heterocycles. The highest BCUT2D eigenvalue weighted by molar-refractivity contribution is 5.78. The van der Waals surface area contributed by atoms with E-state index < -0.39 is 0 Å². The van der Waals surface area contributed by atoms with Gasteiger partial charge in [-0.2, -0.15) is 0 Å². The minimum absolute atomic E-state index is 0.138. The number of hydrogen-bond donors (Lipinski definition) is 1. The molecule has 1 heterocycles. The first-order chi connectivity index (χ1) is 8.69. The molecule has 0 aromatic carbocycles. The van der Waals surface area contributed by atoms with Gasteiger partial charge in [0, 0.05) is 26.2 Å². The van der Waals surface area contributed by atoms with Crippen molar-refractivity contribution in [3.8, 4) is 12.3 Å². The molecular formula is C14H25N3O. The Kier molecular flexibility index (Phi) is 6.77. The van der Waals surface area contributed by atoms with Gasteiger partial charge in [0.15, 0.2) is 0 Å². The summed E-state index contributed by atoms with van der Waals surface area (Å²) in [6.07, 6.45) is 8.50. The molecule has 0 bridgehead atoms. The van der Waals surface area contributed by atoms with E-state index in [4.69, 9.17) is 6.42 Å². The molecule has 1 N–H and O–H groups in total. The lowest BCUT2D eigenvalue weighted by atomic mass is 10.0. The number of carbonyl (C=O) groups excluding carboxylic acids is 1. The Morgan fingerprint density at radius 1 is 1.50 bits per heavy atom. The van der Waals surface area contributed by atoms with Gasteiger partial charge in [0.2, 0.25) is 5.91 Å². The van der Waals surface area contributed by atoms with Crippen molar-refractivity contribution in [3.63, 3.8) is 0 Å². The molecule has 0 aliphatic carbocycles. The van der Waals surface area contributed by atoms with Gasteiger partial charge in [-0.3, -0.25) is 10.1 Å². The molecule has 1 amide bonds. The molecule has 4 nitrogen and oxygen atoms in total. The van der Waals surface area contributed by atoms with Crippen LogP contribution < -0.4 is 5.32 Å². The number of likely N-dealkylation sites (N-methyl/N-ethyl adjacent to an activating group) is 1. The smallest absolute Gasteiger partial charge is 0.236 e. The van der Waals surface area contributed by atoms with Crippen LogP contribution in [0.4, 0.5) is 0 Å². The van der Waals surface area contributed by atoms with E-state index in [0.717, 1.165) is 25.9 Å². The SMILES string of the molecule is C#CCNCC(=O)N(C)C1CCN(CCC)CC1. The van der Waals surface area contributed by atoms with Crippen LogP contribution in [0.1, 0.15) is 26.2 Å². The lowest BCUT2D eigenvalue weighted by Crippen LogP contribution is -2.47. The minimum atomic E-state index is 0.138. The van der Waals surface area contributed by atoms with Gasteiger partial charge >= 0.3 is 0 Å². The maximum Gasteiger partial charge on any atom is 0.236 e. The van der Waals surface area contributed by atoms with Crippen molar-refractivity contribution in [2.45, 2.75) is 32.2 Å². The average molecular weight is 251 g/mol. The zero-order valence-corrected chi connectivity index (χ0v) is 11.6. The fourth-order valence-electron chi connectivity index (χ4n) is 2.42. The number of terminal acetylenes is 1.